The minimum atomic E-state index is -0.0677. The average molecular weight is 273 g/mol. The number of amides is 1. The van der Waals surface area contributed by atoms with E-state index in [2.05, 4.69) is 10.4 Å². The van der Waals surface area contributed by atoms with Crippen LogP contribution in [0.1, 0.15) is 22.3 Å². The van der Waals surface area contributed by atoms with Crippen molar-refractivity contribution in [2.45, 2.75) is 19.9 Å². The number of aromatic nitrogens is 2. The monoisotopic (exact) mass is 273 g/mol. The molecular formula is C15H19N3O2. The van der Waals surface area contributed by atoms with Crippen molar-refractivity contribution >= 4 is 5.91 Å². The molecule has 0 spiro atoms. The quantitative estimate of drug-likeness (QED) is 0.819. The van der Waals surface area contributed by atoms with Gasteiger partial charge in [-0.3, -0.25) is 9.48 Å². The van der Waals surface area contributed by atoms with Gasteiger partial charge in [-0.2, -0.15) is 5.10 Å². The number of nitrogens with zero attached hydrogens (tertiary/aromatic N) is 2. The maximum Gasteiger partial charge on any atom is 0.251 e. The molecule has 0 aliphatic rings. The number of hydrogen-bond acceptors (Lipinski definition) is 3. The van der Waals surface area contributed by atoms with Crippen LogP contribution >= 0.6 is 0 Å². The first-order valence-electron chi connectivity index (χ1n) is 6.61. The third kappa shape index (κ3) is 3.38. The lowest BCUT2D eigenvalue weighted by atomic mass is 10.1. The number of carbonyl (C=O) groups excluding carboxylic acids is 1. The van der Waals surface area contributed by atoms with E-state index in [1.807, 2.05) is 36.0 Å². The number of methoxy groups -OCH3 is 1. The Labute approximate surface area is 118 Å². The maximum absolute atomic E-state index is 12.1. The van der Waals surface area contributed by atoms with Gasteiger partial charge in [0.05, 0.1) is 7.11 Å². The summed E-state index contributed by atoms with van der Waals surface area (Å²) in [4.78, 5) is 12.1. The van der Waals surface area contributed by atoms with Crippen LogP contribution in [0, 0.1) is 6.92 Å². The topological polar surface area (TPSA) is 56.1 Å². The van der Waals surface area contributed by atoms with Gasteiger partial charge in [0.15, 0.2) is 0 Å². The first kappa shape index (κ1) is 14.1. The van der Waals surface area contributed by atoms with Crippen molar-refractivity contribution in [2.75, 3.05) is 13.7 Å². The average Bonchev–Trinajstić information content (AvgIpc) is 2.97. The van der Waals surface area contributed by atoms with Gasteiger partial charge in [-0.1, -0.05) is 6.07 Å². The number of ether oxygens (including phenoxy) is 1. The molecule has 0 radical (unpaired) electrons. The molecule has 2 aromatic rings. The van der Waals surface area contributed by atoms with E-state index in [-0.39, 0.29) is 5.91 Å². The van der Waals surface area contributed by atoms with Crippen molar-refractivity contribution in [3.8, 4) is 5.75 Å². The van der Waals surface area contributed by atoms with Crippen molar-refractivity contribution in [3.05, 3.63) is 47.8 Å². The maximum atomic E-state index is 12.1. The molecule has 1 aromatic heterocycles. The number of hydrogen-bond donors (Lipinski definition) is 1. The van der Waals surface area contributed by atoms with E-state index in [0.717, 1.165) is 24.3 Å². The van der Waals surface area contributed by atoms with E-state index in [0.29, 0.717) is 12.1 Å². The van der Waals surface area contributed by atoms with Gasteiger partial charge in [-0.25, -0.2) is 0 Å². The highest BCUT2D eigenvalue weighted by atomic mass is 16.5. The predicted octanol–water partition coefficient (Wildman–Crippen LogP) is 2.02. The molecule has 0 aliphatic heterocycles. The van der Waals surface area contributed by atoms with Crippen LogP contribution in [-0.2, 0) is 6.54 Å². The minimum absolute atomic E-state index is 0.0677. The fraction of sp³-hybridized carbons (Fsp3) is 0.333. The van der Waals surface area contributed by atoms with E-state index >= 15 is 0 Å². The molecule has 2 rings (SSSR count). The molecule has 0 fully saturated rings. The van der Waals surface area contributed by atoms with Gasteiger partial charge in [0.2, 0.25) is 0 Å². The third-order valence-corrected chi connectivity index (χ3v) is 3.16. The van der Waals surface area contributed by atoms with Crippen molar-refractivity contribution in [1.29, 1.82) is 0 Å². The summed E-state index contributed by atoms with van der Waals surface area (Å²) < 4.78 is 7.07. The molecule has 1 N–H and O–H groups in total. The molecule has 1 aromatic carbocycles. The van der Waals surface area contributed by atoms with Crippen molar-refractivity contribution < 1.29 is 9.53 Å². The highest BCUT2D eigenvalue weighted by Gasteiger charge is 2.11. The highest BCUT2D eigenvalue weighted by molar-refractivity contribution is 5.96. The van der Waals surface area contributed by atoms with Gasteiger partial charge in [0.1, 0.15) is 5.75 Å². The van der Waals surface area contributed by atoms with Crippen molar-refractivity contribution in [3.63, 3.8) is 0 Å². The van der Waals surface area contributed by atoms with E-state index in [1.165, 1.54) is 0 Å². The van der Waals surface area contributed by atoms with E-state index in [1.54, 1.807) is 19.4 Å². The van der Waals surface area contributed by atoms with Crippen LogP contribution in [0.4, 0.5) is 0 Å². The van der Waals surface area contributed by atoms with E-state index in [9.17, 15) is 4.79 Å². The van der Waals surface area contributed by atoms with Crippen LogP contribution < -0.4 is 10.1 Å². The molecule has 0 atom stereocenters. The smallest absolute Gasteiger partial charge is 0.251 e. The number of aryl methyl sites for hydroxylation is 1. The first-order valence-corrected chi connectivity index (χ1v) is 6.61. The molecular weight excluding hydrogens is 254 g/mol. The molecule has 20 heavy (non-hydrogen) atoms. The van der Waals surface area contributed by atoms with Gasteiger partial charge >= 0.3 is 0 Å². The molecule has 0 unspecified atom stereocenters. The number of nitrogens with one attached hydrogen (secondary N) is 1. The summed E-state index contributed by atoms with van der Waals surface area (Å²) in [6.45, 7) is 3.30. The molecule has 106 valence electrons. The Morgan fingerprint density at radius 3 is 2.95 bits per heavy atom. The second kappa shape index (κ2) is 6.75. The van der Waals surface area contributed by atoms with Gasteiger partial charge in [0, 0.05) is 36.6 Å². The zero-order valence-corrected chi connectivity index (χ0v) is 11.8. The fourth-order valence-electron chi connectivity index (χ4n) is 2.05. The Morgan fingerprint density at radius 1 is 1.40 bits per heavy atom. The summed E-state index contributed by atoms with van der Waals surface area (Å²) in [6, 6.07) is 7.37. The molecule has 5 nitrogen and oxygen atoms in total. The third-order valence-electron chi connectivity index (χ3n) is 3.16. The number of rotatable bonds is 6. The Balaban J connectivity index is 1.86. The summed E-state index contributed by atoms with van der Waals surface area (Å²) in [5.74, 6) is 0.663. The Kier molecular flexibility index (Phi) is 4.76. The second-order valence-electron chi connectivity index (χ2n) is 4.51. The normalized spacial score (nSPS) is 10.3. The van der Waals surface area contributed by atoms with Crippen LogP contribution in [0.15, 0.2) is 36.7 Å². The Hall–Kier alpha value is -2.30. The summed E-state index contributed by atoms with van der Waals surface area (Å²) in [5, 5.41) is 7.03. The SMILES string of the molecule is COc1cccc(C(=O)NCCCn2cccn2)c1C. The largest absolute Gasteiger partial charge is 0.496 e. The van der Waals surface area contributed by atoms with Crippen LogP contribution in [0.25, 0.3) is 0 Å². The first-order chi connectivity index (χ1) is 9.72. The van der Waals surface area contributed by atoms with E-state index < -0.39 is 0 Å². The fourth-order valence-corrected chi connectivity index (χ4v) is 2.05. The second-order valence-corrected chi connectivity index (χ2v) is 4.51. The molecule has 0 saturated heterocycles. The summed E-state index contributed by atoms with van der Waals surface area (Å²) in [5.41, 5.74) is 1.52. The number of carbonyl (C=O) groups is 1. The lowest BCUT2D eigenvalue weighted by Gasteiger charge is -2.10. The van der Waals surface area contributed by atoms with Crippen molar-refractivity contribution in [1.82, 2.24) is 15.1 Å². The standard InChI is InChI=1S/C15H19N3O2/c1-12-13(6-3-7-14(12)20-2)15(19)16-8-4-10-18-11-5-9-17-18/h3,5-7,9,11H,4,8,10H2,1-2H3,(H,16,19). The van der Waals surface area contributed by atoms with Gasteiger partial charge in [0.25, 0.3) is 5.91 Å². The molecule has 0 aliphatic carbocycles. The lowest BCUT2D eigenvalue weighted by Crippen LogP contribution is -2.26. The molecule has 1 heterocycles. The minimum Gasteiger partial charge on any atom is -0.496 e. The summed E-state index contributed by atoms with van der Waals surface area (Å²) in [6.07, 6.45) is 4.50. The molecule has 0 bridgehead atoms. The van der Waals surface area contributed by atoms with Gasteiger partial charge < -0.3 is 10.1 Å². The summed E-state index contributed by atoms with van der Waals surface area (Å²) >= 11 is 0. The summed E-state index contributed by atoms with van der Waals surface area (Å²) in [7, 11) is 1.61. The zero-order chi connectivity index (χ0) is 14.4. The molecule has 1 amide bonds. The van der Waals surface area contributed by atoms with Gasteiger partial charge in [-0.05, 0) is 31.5 Å². The zero-order valence-electron chi connectivity index (χ0n) is 11.8. The van der Waals surface area contributed by atoms with E-state index in [4.69, 9.17) is 4.74 Å². The van der Waals surface area contributed by atoms with Gasteiger partial charge in [-0.15, -0.1) is 0 Å². The van der Waals surface area contributed by atoms with Crippen LogP contribution in [0.2, 0.25) is 0 Å². The number of benzene rings is 1. The van der Waals surface area contributed by atoms with Crippen LogP contribution in [0.3, 0.4) is 0 Å². The van der Waals surface area contributed by atoms with Crippen molar-refractivity contribution in [2.24, 2.45) is 0 Å². The Bertz CT molecular complexity index is 565. The highest BCUT2D eigenvalue weighted by Crippen LogP contribution is 2.20. The predicted molar refractivity (Wildman–Crippen MR) is 76.9 cm³/mol. The Morgan fingerprint density at radius 2 is 2.25 bits per heavy atom. The van der Waals surface area contributed by atoms with Crippen LogP contribution in [0.5, 0.6) is 5.75 Å². The molecule has 0 saturated carbocycles. The molecule has 5 heteroatoms. The van der Waals surface area contributed by atoms with Crippen LogP contribution in [-0.4, -0.2) is 29.3 Å². The lowest BCUT2D eigenvalue weighted by molar-refractivity contribution is 0.0951.